The standard InChI is InChI=1S/C12H19ClSi/c1-4-12(13)14(2,3)10-11-8-6-5-7-9-11/h5-9,12H,4,10H2,1-3H3. The zero-order chi connectivity index (χ0) is 10.6. The lowest BCUT2D eigenvalue weighted by atomic mass is 10.2. The first kappa shape index (κ1) is 11.8. The predicted octanol–water partition coefficient (Wildman–Crippen LogP) is 4.03. The van der Waals surface area contributed by atoms with Crippen molar-refractivity contribution in [2.75, 3.05) is 0 Å². The van der Waals surface area contributed by atoms with Crippen molar-refractivity contribution in [3.63, 3.8) is 0 Å². The van der Waals surface area contributed by atoms with Crippen molar-refractivity contribution in [1.29, 1.82) is 0 Å². The quantitative estimate of drug-likeness (QED) is 0.537. The lowest BCUT2D eigenvalue weighted by Gasteiger charge is -2.27. The van der Waals surface area contributed by atoms with E-state index in [1.807, 2.05) is 0 Å². The van der Waals surface area contributed by atoms with Crippen LogP contribution in [0, 0.1) is 0 Å². The summed E-state index contributed by atoms with van der Waals surface area (Å²) in [4.78, 5) is 0. The van der Waals surface area contributed by atoms with Crippen LogP contribution in [0.4, 0.5) is 0 Å². The average molecular weight is 227 g/mol. The summed E-state index contributed by atoms with van der Waals surface area (Å²) in [5.41, 5.74) is 1.43. The molecule has 0 spiro atoms. The van der Waals surface area contributed by atoms with Crippen LogP contribution in [-0.2, 0) is 6.04 Å². The number of alkyl halides is 1. The maximum Gasteiger partial charge on any atom is 0.0721 e. The molecule has 2 heteroatoms. The smallest absolute Gasteiger partial charge is 0.0721 e. The molecule has 0 aromatic heterocycles. The Kier molecular flexibility index (Phi) is 4.21. The topological polar surface area (TPSA) is 0 Å². The highest BCUT2D eigenvalue weighted by Gasteiger charge is 2.28. The maximum atomic E-state index is 6.37. The number of benzene rings is 1. The van der Waals surface area contributed by atoms with Crippen LogP contribution >= 0.6 is 11.6 Å². The van der Waals surface area contributed by atoms with Crippen molar-refractivity contribution >= 4 is 19.7 Å². The first-order valence-corrected chi connectivity index (χ1v) is 8.96. The molecule has 0 radical (unpaired) electrons. The summed E-state index contributed by atoms with van der Waals surface area (Å²) < 4.78 is 0. The fraction of sp³-hybridized carbons (Fsp3) is 0.500. The van der Waals surface area contributed by atoms with Gasteiger partial charge in [0, 0.05) is 5.00 Å². The van der Waals surface area contributed by atoms with Crippen molar-refractivity contribution in [2.24, 2.45) is 0 Å². The molecule has 0 aliphatic rings. The molecule has 0 aliphatic heterocycles. The van der Waals surface area contributed by atoms with Crippen LogP contribution < -0.4 is 0 Å². The van der Waals surface area contributed by atoms with Gasteiger partial charge >= 0.3 is 0 Å². The van der Waals surface area contributed by atoms with E-state index >= 15 is 0 Å². The molecule has 0 fully saturated rings. The molecule has 0 aliphatic carbocycles. The molecule has 0 nitrogen and oxygen atoms in total. The van der Waals surface area contributed by atoms with E-state index in [0.717, 1.165) is 6.42 Å². The van der Waals surface area contributed by atoms with E-state index in [-0.39, 0.29) is 0 Å². The predicted molar refractivity (Wildman–Crippen MR) is 67.6 cm³/mol. The van der Waals surface area contributed by atoms with Crippen molar-refractivity contribution in [2.45, 2.75) is 37.5 Å². The Bertz CT molecular complexity index is 269. The largest absolute Gasteiger partial charge is 0.127 e. The number of rotatable bonds is 4. The number of hydrogen-bond acceptors (Lipinski definition) is 0. The minimum absolute atomic E-state index is 0.391. The zero-order valence-corrected chi connectivity index (χ0v) is 11.0. The van der Waals surface area contributed by atoms with E-state index in [2.05, 4.69) is 50.3 Å². The van der Waals surface area contributed by atoms with E-state index in [1.54, 1.807) is 0 Å². The van der Waals surface area contributed by atoms with E-state index in [9.17, 15) is 0 Å². The van der Waals surface area contributed by atoms with Crippen LogP contribution in [-0.4, -0.2) is 13.1 Å². The second-order valence-electron chi connectivity index (χ2n) is 4.53. The minimum Gasteiger partial charge on any atom is -0.127 e. The van der Waals surface area contributed by atoms with Crippen LogP contribution in [0.3, 0.4) is 0 Å². The molecule has 14 heavy (non-hydrogen) atoms. The van der Waals surface area contributed by atoms with Gasteiger partial charge < -0.3 is 0 Å². The Labute approximate surface area is 93.3 Å². The molecule has 0 amide bonds. The molecule has 1 aromatic rings. The van der Waals surface area contributed by atoms with Crippen molar-refractivity contribution in [3.05, 3.63) is 35.9 Å². The third kappa shape index (κ3) is 3.14. The highest BCUT2D eigenvalue weighted by Crippen LogP contribution is 2.22. The highest BCUT2D eigenvalue weighted by atomic mass is 35.5. The van der Waals surface area contributed by atoms with Gasteiger partial charge in [0.25, 0.3) is 0 Å². The molecular weight excluding hydrogens is 208 g/mol. The number of hydrogen-bond donors (Lipinski definition) is 0. The molecule has 0 heterocycles. The summed E-state index contributed by atoms with van der Waals surface area (Å²) in [7, 11) is -1.28. The fourth-order valence-electron chi connectivity index (χ4n) is 1.79. The molecule has 1 atom stereocenters. The zero-order valence-electron chi connectivity index (χ0n) is 9.26. The lowest BCUT2D eigenvalue weighted by molar-refractivity contribution is 0.982. The van der Waals surface area contributed by atoms with Gasteiger partial charge in [0.1, 0.15) is 0 Å². The van der Waals surface area contributed by atoms with Crippen molar-refractivity contribution in [1.82, 2.24) is 0 Å². The Morgan fingerprint density at radius 3 is 2.29 bits per heavy atom. The molecule has 1 aromatic carbocycles. The molecule has 1 rings (SSSR count). The molecule has 1 unspecified atom stereocenters. The Balaban J connectivity index is 2.68. The molecule has 0 saturated carbocycles. The van der Waals surface area contributed by atoms with Gasteiger partial charge in [-0.3, -0.25) is 0 Å². The Hall–Kier alpha value is -0.273. The second-order valence-corrected chi connectivity index (χ2v) is 10.4. The van der Waals surface area contributed by atoms with Gasteiger partial charge in [-0.2, -0.15) is 0 Å². The first-order valence-electron chi connectivity index (χ1n) is 5.24. The normalized spacial score (nSPS) is 14.0. The maximum absolute atomic E-state index is 6.37. The summed E-state index contributed by atoms with van der Waals surface area (Å²) in [5, 5.41) is 0.391. The first-order chi connectivity index (χ1) is 6.56. The Morgan fingerprint density at radius 2 is 1.79 bits per heavy atom. The van der Waals surface area contributed by atoms with E-state index in [4.69, 9.17) is 11.6 Å². The second kappa shape index (κ2) is 4.99. The third-order valence-corrected chi connectivity index (χ3v) is 8.21. The van der Waals surface area contributed by atoms with Gasteiger partial charge in [0.2, 0.25) is 0 Å². The van der Waals surface area contributed by atoms with Crippen LogP contribution in [0.15, 0.2) is 30.3 Å². The molecule has 0 bridgehead atoms. The third-order valence-electron chi connectivity index (χ3n) is 2.71. The lowest BCUT2D eigenvalue weighted by Crippen LogP contribution is -2.40. The fourth-order valence-corrected chi connectivity index (χ4v) is 4.63. The summed E-state index contributed by atoms with van der Waals surface area (Å²) in [5.74, 6) is 0. The van der Waals surface area contributed by atoms with Gasteiger partial charge in [-0.1, -0.05) is 55.9 Å². The van der Waals surface area contributed by atoms with Gasteiger partial charge in [0.15, 0.2) is 0 Å². The Morgan fingerprint density at radius 1 is 1.21 bits per heavy atom. The molecule has 0 N–H and O–H groups in total. The van der Waals surface area contributed by atoms with E-state index in [1.165, 1.54) is 11.6 Å². The summed E-state index contributed by atoms with van der Waals surface area (Å²) in [6.45, 7) is 6.93. The minimum atomic E-state index is -1.28. The van der Waals surface area contributed by atoms with Gasteiger partial charge in [-0.25, -0.2) is 0 Å². The molecule has 78 valence electrons. The van der Waals surface area contributed by atoms with Gasteiger partial charge in [-0.05, 0) is 12.5 Å². The van der Waals surface area contributed by atoms with Crippen molar-refractivity contribution in [3.8, 4) is 0 Å². The van der Waals surface area contributed by atoms with Crippen LogP contribution in [0.25, 0.3) is 0 Å². The van der Waals surface area contributed by atoms with Crippen LogP contribution in [0.2, 0.25) is 13.1 Å². The van der Waals surface area contributed by atoms with E-state index < -0.39 is 8.07 Å². The van der Waals surface area contributed by atoms with Crippen LogP contribution in [0.5, 0.6) is 0 Å². The monoisotopic (exact) mass is 226 g/mol. The van der Waals surface area contributed by atoms with Crippen molar-refractivity contribution < 1.29 is 0 Å². The molecular formula is C12H19ClSi. The van der Waals surface area contributed by atoms with Gasteiger partial charge in [0.05, 0.1) is 8.07 Å². The highest BCUT2D eigenvalue weighted by molar-refractivity contribution is 6.84. The van der Waals surface area contributed by atoms with Crippen LogP contribution in [0.1, 0.15) is 18.9 Å². The van der Waals surface area contributed by atoms with Gasteiger partial charge in [-0.15, -0.1) is 11.6 Å². The summed E-state index contributed by atoms with van der Waals surface area (Å²) in [6, 6.07) is 11.9. The van der Waals surface area contributed by atoms with E-state index in [0.29, 0.717) is 5.00 Å². The number of halogens is 1. The summed E-state index contributed by atoms with van der Waals surface area (Å²) >= 11 is 6.37. The average Bonchev–Trinajstić information content (AvgIpc) is 2.17. The summed E-state index contributed by atoms with van der Waals surface area (Å²) in [6.07, 6.45) is 1.09. The molecule has 0 saturated heterocycles. The SMILES string of the molecule is CCC(Cl)[Si](C)(C)Cc1ccccc1.